The number of Topliss-reactive ketones (excluding diaryl/α,β-unsaturated/α-hetero) is 2. The van der Waals surface area contributed by atoms with Gasteiger partial charge in [0.1, 0.15) is 6.10 Å². The van der Waals surface area contributed by atoms with Crippen molar-refractivity contribution in [3.63, 3.8) is 0 Å². The van der Waals surface area contributed by atoms with Crippen LogP contribution in [0.1, 0.15) is 56.5 Å². The summed E-state index contributed by atoms with van der Waals surface area (Å²) >= 11 is 0. The number of aliphatic hydroxyl groups excluding tert-OH is 2. The van der Waals surface area contributed by atoms with E-state index in [-0.39, 0.29) is 89.5 Å². The number of fused-ring (bicyclic) bond motifs is 2. The van der Waals surface area contributed by atoms with Crippen LogP contribution in [0.3, 0.4) is 0 Å². The Hall–Kier alpha value is -7.20. The highest BCUT2D eigenvalue weighted by molar-refractivity contribution is 6.29. The van der Waals surface area contributed by atoms with E-state index < -0.39 is 71.7 Å². The Morgan fingerprint density at radius 1 is 0.863 bits per heavy atom. The number of hydrogen-bond donors (Lipinski definition) is 6. The highest BCUT2D eigenvalue weighted by Gasteiger charge is 2.35. The number of nitrogens with zero attached hydrogens (tertiary/aromatic N) is 2. The number of primary amides is 1. The normalized spacial score (nSPS) is 24.9. The monoisotopic (exact) mass is 1020 g/mol. The Labute approximate surface area is 424 Å². The van der Waals surface area contributed by atoms with Crippen LogP contribution in [-0.4, -0.2) is 155 Å². The van der Waals surface area contributed by atoms with Crippen molar-refractivity contribution in [1.29, 1.82) is 0 Å². The summed E-state index contributed by atoms with van der Waals surface area (Å²) < 4.78 is 38.5. The molecule has 21 heteroatoms. The SMILES string of the molecule is COc1ccc(C(=CN)C(=O)c2cc(OC)c(OC)c(OC)c2)cc1OC(=O)N1CCN(CCNC2=C3C[C@@H](C)C[C@H](OC)C(O)[C@@H](C)/C=C(\C)C(OC(N)=O)C(O)/C=C\C(C)C(=O)NC(=CC2=O)C3=O)CC1. The molecule has 1 aliphatic carbocycles. The third kappa shape index (κ3) is 14.1. The summed E-state index contributed by atoms with van der Waals surface area (Å²) in [6.07, 6.45) is 0.606. The van der Waals surface area contributed by atoms with Crippen LogP contribution >= 0.6 is 0 Å². The Balaban J connectivity index is 1.27. The van der Waals surface area contributed by atoms with Gasteiger partial charge in [-0.2, -0.15) is 0 Å². The van der Waals surface area contributed by atoms with E-state index in [2.05, 4.69) is 15.5 Å². The molecule has 396 valence electrons. The highest BCUT2D eigenvalue weighted by Crippen LogP contribution is 2.40. The fourth-order valence-corrected chi connectivity index (χ4v) is 8.84. The Morgan fingerprint density at radius 3 is 2.10 bits per heavy atom. The minimum Gasteiger partial charge on any atom is -0.493 e. The lowest BCUT2D eigenvalue weighted by Gasteiger charge is -2.34. The van der Waals surface area contributed by atoms with Crippen molar-refractivity contribution in [2.24, 2.45) is 29.2 Å². The maximum absolute atomic E-state index is 14.2. The lowest BCUT2D eigenvalue weighted by Crippen LogP contribution is -2.51. The summed E-state index contributed by atoms with van der Waals surface area (Å²) in [4.78, 5) is 84.2. The molecule has 73 heavy (non-hydrogen) atoms. The van der Waals surface area contributed by atoms with Gasteiger partial charge in [-0.1, -0.05) is 45.1 Å². The maximum atomic E-state index is 14.2. The van der Waals surface area contributed by atoms with E-state index >= 15 is 0 Å². The molecule has 4 unspecified atom stereocenters. The van der Waals surface area contributed by atoms with Gasteiger partial charge in [0.05, 0.1) is 58.0 Å². The molecule has 5 rings (SSSR count). The number of piperazine rings is 1. The maximum Gasteiger partial charge on any atom is 0.415 e. The fraction of sp³-hybridized carbons (Fsp3) is 0.462. The zero-order valence-corrected chi connectivity index (χ0v) is 42.7. The number of ether oxygens (including phenoxy) is 7. The van der Waals surface area contributed by atoms with E-state index in [0.717, 1.165) is 12.3 Å². The molecule has 0 aromatic heterocycles. The summed E-state index contributed by atoms with van der Waals surface area (Å²) in [5.41, 5.74) is 12.4. The van der Waals surface area contributed by atoms with Crippen LogP contribution in [0.25, 0.3) is 5.57 Å². The molecule has 3 amide bonds. The second-order valence-electron chi connectivity index (χ2n) is 18.0. The molecule has 0 spiro atoms. The van der Waals surface area contributed by atoms with E-state index in [1.807, 2.05) is 6.92 Å². The number of hydrogen-bond acceptors (Lipinski definition) is 18. The van der Waals surface area contributed by atoms with Gasteiger partial charge in [0.2, 0.25) is 23.2 Å². The molecule has 7 atom stereocenters. The molecule has 8 N–H and O–H groups in total. The van der Waals surface area contributed by atoms with E-state index in [1.54, 1.807) is 32.1 Å². The molecule has 2 aromatic rings. The van der Waals surface area contributed by atoms with Gasteiger partial charge < -0.3 is 70.4 Å². The van der Waals surface area contributed by atoms with Gasteiger partial charge >= 0.3 is 12.2 Å². The van der Waals surface area contributed by atoms with Gasteiger partial charge in [-0.3, -0.25) is 24.1 Å². The summed E-state index contributed by atoms with van der Waals surface area (Å²) in [6, 6.07) is 7.67. The summed E-state index contributed by atoms with van der Waals surface area (Å²) in [6.45, 7) is 8.87. The molecule has 0 saturated carbocycles. The standard InChI is InChI=1S/C52H68N6O15/c1-28-20-34-44(38(60)26-36(47(34)63)56-50(64)29(2)10-12-37(59)48(73-51(54)65)31(4)22-30(3)45(61)41(21-28)68-6)55-14-15-57-16-18-58(19-17-57)52(66)72-40-23-32(11-13-39(40)67-5)35(27-53)46(62)33-24-42(69-7)49(71-9)43(25-33)70-8/h10-13,22-30,37,41,45,48,55,59,61H,14-21,53H2,1-9H3,(H2,54,65)(H,56,64)/b12-10-,31-22+,35-27?/t28-,29?,30+,37?,41+,45?,48?/m1/s1. The molecule has 0 radical (unpaired) electrons. The summed E-state index contributed by atoms with van der Waals surface area (Å²) in [5, 5.41) is 28.2. The minimum absolute atomic E-state index is 0.0596. The number of nitrogens with two attached hydrogens (primary N) is 2. The first-order valence-electron chi connectivity index (χ1n) is 23.7. The van der Waals surface area contributed by atoms with Crippen molar-refractivity contribution in [3.05, 3.63) is 94.5 Å². The van der Waals surface area contributed by atoms with Crippen molar-refractivity contribution < 1.29 is 72.1 Å². The average molecular weight is 1020 g/mol. The zero-order chi connectivity index (χ0) is 53.7. The van der Waals surface area contributed by atoms with E-state index in [4.69, 9.17) is 44.6 Å². The van der Waals surface area contributed by atoms with E-state index in [0.29, 0.717) is 36.5 Å². The Kier molecular flexibility index (Phi) is 20.2. The molecule has 21 nitrogen and oxygen atoms in total. The number of carbonyl (C=O) groups excluding carboxylic acids is 6. The average Bonchev–Trinajstić information content (AvgIpc) is 3.37. The Bertz CT molecular complexity index is 2520. The molecule has 2 heterocycles. The van der Waals surface area contributed by atoms with Gasteiger partial charge in [0.25, 0.3) is 0 Å². The van der Waals surface area contributed by atoms with Crippen LogP contribution in [-0.2, 0) is 23.9 Å². The molecular formula is C52H68N6O15. The minimum atomic E-state index is -1.43. The molecule has 2 aliphatic heterocycles. The van der Waals surface area contributed by atoms with Crippen molar-refractivity contribution in [2.75, 3.05) is 74.8 Å². The van der Waals surface area contributed by atoms with Crippen molar-refractivity contribution >= 4 is 41.0 Å². The Morgan fingerprint density at radius 2 is 1.51 bits per heavy atom. The number of benzene rings is 2. The van der Waals surface area contributed by atoms with Crippen LogP contribution < -0.4 is 45.8 Å². The van der Waals surface area contributed by atoms with E-state index in [9.17, 15) is 39.0 Å². The molecular weight excluding hydrogens is 949 g/mol. The quantitative estimate of drug-likeness (QED) is 0.0684. The second kappa shape index (κ2) is 26.0. The van der Waals surface area contributed by atoms with Crippen LogP contribution in [0.15, 0.2) is 83.4 Å². The number of ketones is 3. The first-order valence-corrected chi connectivity index (χ1v) is 23.7. The molecule has 1 saturated heterocycles. The van der Waals surface area contributed by atoms with Crippen LogP contribution in [0.5, 0.6) is 28.7 Å². The van der Waals surface area contributed by atoms with Gasteiger partial charge in [-0.15, -0.1) is 0 Å². The van der Waals surface area contributed by atoms with Crippen LogP contribution in [0, 0.1) is 17.8 Å². The topological polar surface area (TPSA) is 290 Å². The predicted molar refractivity (Wildman–Crippen MR) is 268 cm³/mol. The van der Waals surface area contributed by atoms with Gasteiger partial charge in [-0.25, -0.2) is 9.59 Å². The number of rotatable bonds is 14. The van der Waals surface area contributed by atoms with Crippen molar-refractivity contribution in [3.8, 4) is 28.7 Å². The third-order valence-electron chi connectivity index (χ3n) is 12.9. The zero-order valence-electron chi connectivity index (χ0n) is 42.7. The number of aliphatic hydroxyl groups is 2. The van der Waals surface area contributed by atoms with E-state index in [1.165, 1.54) is 77.7 Å². The van der Waals surface area contributed by atoms with Crippen molar-refractivity contribution in [2.45, 2.75) is 65.0 Å². The number of allylic oxidation sites excluding steroid dienone is 3. The summed E-state index contributed by atoms with van der Waals surface area (Å²) in [7, 11) is 7.19. The molecule has 2 aromatic carbocycles. The van der Waals surface area contributed by atoms with Gasteiger partial charge in [0, 0.05) is 81.3 Å². The molecule has 1 fully saturated rings. The lowest BCUT2D eigenvalue weighted by molar-refractivity contribution is -0.124. The van der Waals surface area contributed by atoms with Crippen molar-refractivity contribution in [1.82, 2.24) is 20.4 Å². The number of nitrogens with one attached hydrogen (secondary N) is 2. The first-order chi connectivity index (χ1) is 34.8. The molecule has 2 bridgehead atoms. The van der Waals surface area contributed by atoms with Gasteiger partial charge in [-0.05, 0) is 61.1 Å². The number of methoxy groups -OCH3 is 5. The van der Waals surface area contributed by atoms with Crippen LogP contribution in [0.4, 0.5) is 9.59 Å². The largest absolute Gasteiger partial charge is 0.493 e. The summed E-state index contributed by atoms with van der Waals surface area (Å²) in [5.74, 6) is -2.83. The first kappa shape index (κ1) is 56.7. The number of carbonyl (C=O) groups is 6. The smallest absolute Gasteiger partial charge is 0.415 e. The van der Waals surface area contributed by atoms with Gasteiger partial charge in [0.15, 0.2) is 34.9 Å². The second-order valence-corrected chi connectivity index (χ2v) is 18.0. The highest BCUT2D eigenvalue weighted by atomic mass is 16.6. The molecule has 3 aliphatic rings. The van der Waals surface area contributed by atoms with Crippen LogP contribution in [0.2, 0.25) is 0 Å². The lowest BCUT2D eigenvalue weighted by atomic mass is 9.85. The number of amides is 3. The fourth-order valence-electron chi connectivity index (χ4n) is 8.84. The predicted octanol–water partition coefficient (Wildman–Crippen LogP) is 3.42. The third-order valence-corrected chi connectivity index (χ3v) is 12.9.